The Morgan fingerprint density at radius 3 is 2.21 bits per heavy atom. The molecule has 1 nitrogen and oxygen atoms in total. The quantitative estimate of drug-likeness (QED) is 0.220. The van der Waals surface area contributed by atoms with E-state index >= 15 is 0 Å². The van der Waals surface area contributed by atoms with Gasteiger partial charge in [-0.15, -0.1) is 0 Å². The number of benzene rings is 5. The van der Waals surface area contributed by atoms with Crippen molar-refractivity contribution in [3.63, 3.8) is 0 Å². The number of rotatable bonds is 5. The summed E-state index contributed by atoms with van der Waals surface area (Å²) >= 11 is 0. The average Bonchev–Trinajstić information content (AvgIpc) is 3.34. The number of hydrogen-bond acceptors (Lipinski definition) is 1. The van der Waals surface area contributed by atoms with Crippen LogP contribution in [0, 0.1) is 5.92 Å². The standard InChI is InChI=1S/C41H35N/c1-28-14-20-36(21-15-28)41(35-12-4-3-5-13-35)39-26-31(29(2)9-8-24-42)18-22-37(39)38-23-19-34(27-40(38)41)33-17-16-30-10-6-7-11-32(30)25-33/h3-20,22-27,36H,21,42H2,1-2H3/b24-8-,29-9+. The van der Waals surface area contributed by atoms with Crippen molar-refractivity contribution < 1.29 is 0 Å². The molecule has 5 aromatic carbocycles. The fourth-order valence-corrected chi connectivity index (χ4v) is 7.12. The van der Waals surface area contributed by atoms with Gasteiger partial charge in [0.1, 0.15) is 0 Å². The van der Waals surface area contributed by atoms with Crippen molar-refractivity contribution in [1.82, 2.24) is 0 Å². The summed E-state index contributed by atoms with van der Waals surface area (Å²) in [5.41, 5.74) is 18.4. The van der Waals surface area contributed by atoms with Crippen LogP contribution < -0.4 is 5.73 Å². The molecule has 5 aromatic rings. The van der Waals surface area contributed by atoms with E-state index in [0.717, 1.165) is 6.42 Å². The van der Waals surface area contributed by atoms with Crippen LogP contribution in [0.4, 0.5) is 0 Å². The lowest BCUT2D eigenvalue weighted by Gasteiger charge is -2.40. The Hall–Kier alpha value is -4.88. The van der Waals surface area contributed by atoms with E-state index in [1.165, 1.54) is 66.4 Å². The molecule has 2 aliphatic rings. The molecule has 42 heavy (non-hydrogen) atoms. The van der Waals surface area contributed by atoms with Gasteiger partial charge in [-0.25, -0.2) is 0 Å². The van der Waals surface area contributed by atoms with Crippen molar-refractivity contribution >= 4 is 16.3 Å². The number of hydrogen-bond donors (Lipinski definition) is 1. The maximum atomic E-state index is 5.68. The van der Waals surface area contributed by atoms with Crippen LogP contribution in [0.15, 0.2) is 151 Å². The van der Waals surface area contributed by atoms with Gasteiger partial charge in [-0.2, -0.15) is 0 Å². The van der Waals surface area contributed by atoms with Crippen LogP contribution in [-0.2, 0) is 5.41 Å². The van der Waals surface area contributed by atoms with Crippen LogP contribution >= 0.6 is 0 Å². The third-order valence-corrected chi connectivity index (χ3v) is 9.24. The molecule has 0 saturated heterocycles. The zero-order valence-corrected chi connectivity index (χ0v) is 24.2. The smallest absolute Gasteiger partial charge is 0.0529 e. The predicted molar refractivity (Wildman–Crippen MR) is 179 cm³/mol. The monoisotopic (exact) mass is 541 g/mol. The average molecular weight is 542 g/mol. The number of nitrogens with two attached hydrogens (primary N) is 1. The van der Waals surface area contributed by atoms with E-state index in [1.54, 1.807) is 6.20 Å². The van der Waals surface area contributed by atoms with Gasteiger partial charge in [-0.1, -0.05) is 121 Å². The van der Waals surface area contributed by atoms with Crippen molar-refractivity contribution in [2.24, 2.45) is 11.7 Å². The summed E-state index contributed by atoms with van der Waals surface area (Å²) in [6.45, 7) is 4.37. The highest BCUT2D eigenvalue weighted by Crippen LogP contribution is 2.59. The summed E-state index contributed by atoms with van der Waals surface area (Å²) in [6.07, 6.45) is 13.8. The van der Waals surface area contributed by atoms with Gasteiger partial charge in [0.25, 0.3) is 0 Å². The first kappa shape index (κ1) is 26.0. The van der Waals surface area contributed by atoms with Crippen molar-refractivity contribution in [3.05, 3.63) is 174 Å². The molecule has 0 amide bonds. The van der Waals surface area contributed by atoms with Gasteiger partial charge in [0.15, 0.2) is 0 Å². The normalized spacial score (nSPS) is 19.6. The van der Waals surface area contributed by atoms with Gasteiger partial charge in [0, 0.05) is 0 Å². The minimum absolute atomic E-state index is 0.277. The van der Waals surface area contributed by atoms with Crippen LogP contribution in [0.5, 0.6) is 0 Å². The summed E-state index contributed by atoms with van der Waals surface area (Å²) in [6, 6.07) is 40.8. The van der Waals surface area contributed by atoms with E-state index in [-0.39, 0.29) is 11.3 Å². The van der Waals surface area contributed by atoms with E-state index in [1.807, 2.05) is 6.08 Å². The SMILES string of the molecule is CC1=CCC(C2(c3ccccc3)c3cc(/C(C)=C/C=C\N)ccc3-c3ccc(-c4ccc5ccccc5c4)cc32)C=C1. The van der Waals surface area contributed by atoms with Gasteiger partial charge >= 0.3 is 0 Å². The second-order valence-corrected chi connectivity index (χ2v) is 11.6. The van der Waals surface area contributed by atoms with Crippen LogP contribution in [0.3, 0.4) is 0 Å². The summed E-state index contributed by atoms with van der Waals surface area (Å²) in [5.74, 6) is 0.277. The zero-order valence-electron chi connectivity index (χ0n) is 24.2. The summed E-state index contributed by atoms with van der Waals surface area (Å²) in [4.78, 5) is 0. The third-order valence-electron chi connectivity index (χ3n) is 9.24. The Kier molecular flexibility index (Phi) is 6.52. The molecule has 0 heterocycles. The molecule has 0 saturated carbocycles. The molecule has 0 radical (unpaired) electrons. The molecule has 2 unspecified atom stereocenters. The maximum absolute atomic E-state index is 5.68. The molecule has 0 aromatic heterocycles. The van der Waals surface area contributed by atoms with E-state index < -0.39 is 0 Å². The van der Waals surface area contributed by atoms with Gasteiger partial charge < -0.3 is 5.73 Å². The molecule has 204 valence electrons. The van der Waals surface area contributed by atoms with E-state index in [4.69, 9.17) is 5.73 Å². The van der Waals surface area contributed by atoms with Crippen molar-refractivity contribution in [2.75, 3.05) is 0 Å². The minimum atomic E-state index is -0.327. The molecule has 2 aliphatic carbocycles. The topological polar surface area (TPSA) is 26.0 Å². The summed E-state index contributed by atoms with van der Waals surface area (Å²) in [5, 5.41) is 2.53. The first-order chi connectivity index (χ1) is 20.6. The van der Waals surface area contributed by atoms with Gasteiger partial charge in [0.05, 0.1) is 5.41 Å². The van der Waals surface area contributed by atoms with E-state index in [9.17, 15) is 0 Å². The Morgan fingerprint density at radius 2 is 1.45 bits per heavy atom. The molecule has 2 N–H and O–H groups in total. The number of allylic oxidation sites excluding steroid dienone is 7. The predicted octanol–water partition coefficient (Wildman–Crippen LogP) is 10.2. The Bertz CT molecular complexity index is 1940. The van der Waals surface area contributed by atoms with Gasteiger partial charge in [-0.05, 0) is 118 Å². The Labute approximate surface area is 249 Å². The third kappa shape index (κ3) is 4.16. The molecule has 0 spiro atoms. The van der Waals surface area contributed by atoms with Crippen LogP contribution in [0.25, 0.3) is 38.6 Å². The highest BCUT2D eigenvalue weighted by atomic mass is 14.5. The van der Waals surface area contributed by atoms with Gasteiger partial charge in [0.2, 0.25) is 0 Å². The van der Waals surface area contributed by atoms with Crippen molar-refractivity contribution in [3.8, 4) is 22.3 Å². The lowest BCUT2D eigenvalue weighted by molar-refractivity contribution is 0.456. The second kappa shape index (κ2) is 10.5. The Morgan fingerprint density at radius 1 is 0.762 bits per heavy atom. The molecule has 2 atom stereocenters. The lowest BCUT2D eigenvalue weighted by atomic mass is 9.61. The first-order valence-corrected chi connectivity index (χ1v) is 14.8. The highest BCUT2D eigenvalue weighted by Gasteiger charge is 2.49. The molecule has 7 rings (SSSR count). The largest absolute Gasteiger partial charge is 0.405 e. The van der Waals surface area contributed by atoms with Crippen molar-refractivity contribution in [1.29, 1.82) is 0 Å². The second-order valence-electron chi connectivity index (χ2n) is 11.6. The first-order valence-electron chi connectivity index (χ1n) is 14.8. The fraction of sp³-hybridized carbons (Fsp3) is 0.122. The minimum Gasteiger partial charge on any atom is -0.405 e. The summed E-state index contributed by atoms with van der Waals surface area (Å²) in [7, 11) is 0. The highest BCUT2D eigenvalue weighted by molar-refractivity contribution is 5.91. The molecule has 0 bridgehead atoms. The Balaban J connectivity index is 1.52. The van der Waals surface area contributed by atoms with Gasteiger partial charge in [-0.3, -0.25) is 0 Å². The van der Waals surface area contributed by atoms with Crippen LogP contribution in [-0.4, -0.2) is 0 Å². The fourth-order valence-electron chi connectivity index (χ4n) is 7.12. The zero-order chi connectivity index (χ0) is 28.7. The van der Waals surface area contributed by atoms with Crippen molar-refractivity contribution in [2.45, 2.75) is 25.7 Å². The number of fused-ring (bicyclic) bond motifs is 4. The molecule has 0 aliphatic heterocycles. The molecule has 0 fully saturated rings. The van der Waals surface area contributed by atoms with E-state index in [0.29, 0.717) is 0 Å². The molecular formula is C41H35N. The maximum Gasteiger partial charge on any atom is 0.0529 e. The molecular weight excluding hydrogens is 506 g/mol. The van der Waals surface area contributed by atoms with E-state index in [2.05, 4.69) is 147 Å². The molecule has 1 heteroatoms. The summed E-state index contributed by atoms with van der Waals surface area (Å²) < 4.78 is 0. The van der Waals surface area contributed by atoms with Crippen LogP contribution in [0.1, 0.15) is 42.5 Å². The van der Waals surface area contributed by atoms with Crippen LogP contribution in [0.2, 0.25) is 0 Å². The lowest BCUT2D eigenvalue weighted by Crippen LogP contribution is -2.35.